The number of nitrogens with zero attached hydrogens (tertiary/aromatic N) is 1. The van der Waals surface area contributed by atoms with Crippen LogP contribution in [0.3, 0.4) is 0 Å². The van der Waals surface area contributed by atoms with Gasteiger partial charge in [0.05, 0.1) is 13.2 Å². The quantitative estimate of drug-likeness (QED) is 0.792. The average molecular weight is 334 g/mol. The van der Waals surface area contributed by atoms with Gasteiger partial charge in [0.2, 0.25) is 0 Å². The SMILES string of the molecule is Cc1cccc(OCC(=O)NCC(CC(C)C)N2CCOCC2)c1. The largest absolute Gasteiger partial charge is 0.484 e. The second kappa shape index (κ2) is 9.64. The Labute approximate surface area is 145 Å². The van der Waals surface area contributed by atoms with E-state index in [0.717, 1.165) is 44.0 Å². The number of benzene rings is 1. The molecule has 134 valence electrons. The molecule has 5 nitrogen and oxygen atoms in total. The van der Waals surface area contributed by atoms with Crippen molar-refractivity contribution in [1.82, 2.24) is 10.2 Å². The minimum Gasteiger partial charge on any atom is -0.484 e. The number of morpholine rings is 1. The molecule has 24 heavy (non-hydrogen) atoms. The fraction of sp³-hybridized carbons (Fsp3) is 0.632. The van der Waals surface area contributed by atoms with E-state index in [1.54, 1.807) is 0 Å². The van der Waals surface area contributed by atoms with Crippen molar-refractivity contribution in [3.05, 3.63) is 29.8 Å². The molecule has 1 fully saturated rings. The first-order valence-corrected chi connectivity index (χ1v) is 8.82. The summed E-state index contributed by atoms with van der Waals surface area (Å²) in [7, 11) is 0. The van der Waals surface area contributed by atoms with Crippen LogP contribution >= 0.6 is 0 Å². The van der Waals surface area contributed by atoms with E-state index in [9.17, 15) is 4.79 Å². The molecule has 1 saturated heterocycles. The molecule has 0 aliphatic carbocycles. The minimum atomic E-state index is -0.0708. The van der Waals surface area contributed by atoms with Gasteiger partial charge >= 0.3 is 0 Å². The van der Waals surface area contributed by atoms with Crippen molar-refractivity contribution < 1.29 is 14.3 Å². The molecule has 0 bridgehead atoms. The summed E-state index contributed by atoms with van der Waals surface area (Å²) in [5.41, 5.74) is 1.12. The number of hydrogen-bond acceptors (Lipinski definition) is 4. The van der Waals surface area contributed by atoms with Crippen LogP contribution < -0.4 is 10.1 Å². The summed E-state index contributed by atoms with van der Waals surface area (Å²) >= 11 is 0. The third-order valence-corrected chi connectivity index (χ3v) is 4.20. The molecule has 1 amide bonds. The maximum atomic E-state index is 12.1. The van der Waals surface area contributed by atoms with Crippen LogP contribution in [-0.2, 0) is 9.53 Å². The van der Waals surface area contributed by atoms with E-state index < -0.39 is 0 Å². The van der Waals surface area contributed by atoms with Crippen molar-refractivity contribution in [2.75, 3.05) is 39.5 Å². The van der Waals surface area contributed by atoms with E-state index in [4.69, 9.17) is 9.47 Å². The third kappa shape index (κ3) is 6.49. The summed E-state index contributed by atoms with van der Waals surface area (Å²) in [4.78, 5) is 14.5. The van der Waals surface area contributed by atoms with Crippen molar-refractivity contribution in [1.29, 1.82) is 0 Å². The molecule has 1 atom stereocenters. The molecule has 5 heteroatoms. The smallest absolute Gasteiger partial charge is 0.257 e. The Morgan fingerprint density at radius 3 is 2.75 bits per heavy atom. The first kappa shape index (κ1) is 18.7. The van der Waals surface area contributed by atoms with Crippen molar-refractivity contribution in [2.45, 2.75) is 33.2 Å². The Morgan fingerprint density at radius 2 is 2.08 bits per heavy atom. The van der Waals surface area contributed by atoms with Crippen molar-refractivity contribution >= 4 is 5.91 Å². The van der Waals surface area contributed by atoms with E-state index in [0.29, 0.717) is 18.5 Å². The highest BCUT2D eigenvalue weighted by Gasteiger charge is 2.22. The summed E-state index contributed by atoms with van der Waals surface area (Å²) in [5, 5.41) is 3.02. The second-order valence-corrected chi connectivity index (χ2v) is 6.84. The Bertz CT molecular complexity index is 513. The number of amides is 1. The van der Waals surface area contributed by atoms with Gasteiger partial charge in [0.25, 0.3) is 5.91 Å². The molecule has 0 saturated carbocycles. The van der Waals surface area contributed by atoms with Crippen LogP contribution in [0.1, 0.15) is 25.8 Å². The highest BCUT2D eigenvalue weighted by atomic mass is 16.5. The molecule has 0 radical (unpaired) electrons. The van der Waals surface area contributed by atoms with Gasteiger partial charge in [-0.05, 0) is 37.0 Å². The standard InChI is InChI=1S/C19H30N2O3/c1-15(2)11-17(21-7-9-23-10-8-21)13-20-19(22)14-24-18-6-4-5-16(3)12-18/h4-6,12,15,17H,7-11,13-14H2,1-3H3,(H,20,22). The lowest BCUT2D eigenvalue weighted by atomic mass is 10.0. The number of nitrogens with one attached hydrogen (secondary N) is 1. The van der Waals surface area contributed by atoms with Crippen LogP contribution in [0.15, 0.2) is 24.3 Å². The number of ether oxygens (including phenoxy) is 2. The Balaban J connectivity index is 1.78. The molecule has 0 aromatic heterocycles. The predicted molar refractivity (Wildman–Crippen MR) is 95.3 cm³/mol. The highest BCUT2D eigenvalue weighted by Crippen LogP contribution is 2.14. The van der Waals surface area contributed by atoms with E-state index in [1.807, 2.05) is 31.2 Å². The average Bonchev–Trinajstić information content (AvgIpc) is 2.57. The molecule has 0 spiro atoms. The van der Waals surface area contributed by atoms with Gasteiger partial charge < -0.3 is 14.8 Å². The normalized spacial score (nSPS) is 16.8. The van der Waals surface area contributed by atoms with Gasteiger partial charge in [-0.1, -0.05) is 26.0 Å². The fourth-order valence-electron chi connectivity index (χ4n) is 2.98. The molecule has 1 aliphatic rings. The van der Waals surface area contributed by atoms with E-state index >= 15 is 0 Å². The van der Waals surface area contributed by atoms with Crippen LogP contribution in [0.25, 0.3) is 0 Å². The Hall–Kier alpha value is -1.59. The van der Waals surface area contributed by atoms with Crippen LogP contribution in [0.4, 0.5) is 0 Å². The summed E-state index contributed by atoms with van der Waals surface area (Å²) in [6.07, 6.45) is 1.07. The summed E-state index contributed by atoms with van der Waals surface area (Å²) in [6.45, 7) is 10.6. The Kier molecular flexibility index (Phi) is 7.53. The number of carbonyl (C=O) groups excluding carboxylic acids is 1. The molecule has 1 aromatic carbocycles. The molecular weight excluding hydrogens is 304 g/mol. The second-order valence-electron chi connectivity index (χ2n) is 6.84. The first-order chi connectivity index (χ1) is 11.5. The van der Waals surface area contributed by atoms with Gasteiger partial charge in [0.1, 0.15) is 5.75 Å². The van der Waals surface area contributed by atoms with E-state index in [-0.39, 0.29) is 12.5 Å². The van der Waals surface area contributed by atoms with Crippen LogP contribution in [0, 0.1) is 12.8 Å². The number of hydrogen-bond donors (Lipinski definition) is 1. The lowest BCUT2D eigenvalue weighted by Crippen LogP contribution is -2.49. The summed E-state index contributed by atoms with van der Waals surface area (Å²) in [6, 6.07) is 8.10. The van der Waals surface area contributed by atoms with Gasteiger partial charge in [0.15, 0.2) is 6.61 Å². The van der Waals surface area contributed by atoms with E-state index in [1.165, 1.54) is 0 Å². The predicted octanol–water partition coefficient (Wildman–Crippen LogP) is 2.24. The van der Waals surface area contributed by atoms with Gasteiger partial charge in [-0.25, -0.2) is 0 Å². The van der Waals surface area contributed by atoms with Crippen molar-refractivity contribution in [3.63, 3.8) is 0 Å². The molecule has 1 aliphatic heterocycles. The maximum Gasteiger partial charge on any atom is 0.257 e. The molecular formula is C19H30N2O3. The van der Waals surface area contributed by atoms with Crippen LogP contribution in [0.2, 0.25) is 0 Å². The lowest BCUT2D eigenvalue weighted by Gasteiger charge is -2.35. The number of carbonyl (C=O) groups is 1. The van der Waals surface area contributed by atoms with Crippen LogP contribution in [0.5, 0.6) is 5.75 Å². The van der Waals surface area contributed by atoms with E-state index in [2.05, 4.69) is 24.1 Å². The number of rotatable bonds is 8. The minimum absolute atomic E-state index is 0.0565. The zero-order valence-corrected chi connectivity index (χ0v) is 15.1. The third-order valence-electron chi connectivity index (χ3n) is 4.20. The summed E-state index contributed by atoms with van der Waals surface area (Å²) in [5.74, 6) is 1.26. The monoisotopic (exact) mass is 334 g/mol. The van der Waals surface area contributed by atoms with Crippen molar-refractivity contribution in [3.8, 4) is 5.75 Å². The van der Waals surface area contributed by atoms with Gasteiger partial charge in [-0.15, -0.1) is 0 Å². The Morgan fingerprint density at radius 1 is 1.33 bits per heavy atom. The van der Waals surface area contributed by atoms with Crippen molar-refractivity contribution in [2.24, 2.45) is 5.92 Å². The molecule has 1 unspecified atom stereocenters. The van der Waals surface area contributed by atoms with Gasteiger partial charge in [-0.3, -0.25) is 9.69 Å². The first-order valence-electron chi connectivity index (χ1n) is 8.82. The topological polar surface area (TPSA) is 50.8 Å². The molecule has 1 aromatic rings. The lowest BCUT2D eigenvalue weighted by molar-refractivity contribution is -0.123. The number of aryl methyl sites for hydroxylation is 1. The summed E-state index contributed by atoms with van der Waals surface area (Å²) < 4.78 is 11.0. The van der Waals surface area contributed by atoms with Crippen LogP contribution in [-0.4, -0.2) is 56.3 Å². The molecule has 2 rings (SSSR count). The van der Waals surface area contributed by atoms with Gasteiger partial charge in [0, 0.05) is 25.7 Å². The zero-order chi connectivity index (χ0) is 17.4. The molecule has 1 N–H and O–H groups in total. The molecule has 1 heterocycles. The zero-order valence-electron chi connectivity index (χ0n) is 15.1. The fourth-order valence-corrected chi connectivity index (χ4v) is 2.98. The highest BCUT2D eigenvalue weighted by molar-refractivity contribution is 5.77. The maximum absolute atomic E-state index is 12.1. The van der Waals surface area contributed by atoms with Gasteiger partial charge in [-0.2, -0.15) is 0 Å².